The first kappa shape index (κ1) is 17.6. The minimum absolute atomic E-state index is 0.227. The van der Waals surface area contributed by atoms with E-state index >= 15 is 0 Å². The Hall–Kier alpha value is -2.48. The molecule has 4 heterocycles. The molecule has 4 fully saturated rings. The lowest BCUT2D eigenvalue weighted by Gasteiger charge is -2.53. The Bertz CT molecular complexity index is 954. The summed E-state index contributed by atoms with van der Waals surface area (Å²) in [6, 6.07) is 9.86. The van der Waals surface area contributed by atoms with Gasteiger partial charge in [0.25, 0.3) is 0 Å². The van der Waals surface area contributed by atoms with Crippen LogP contribution in [0.25, 0.3) is 0 Å². The van der Waals surface area contributed by atoms with Crippen LogP contribution in [-0.4, -0.2) is 30.7 Å². The van der Waals surface area contributed by atoms with Crippen molar-refractivity contribution in [1.29, 1.82) is 21.2 Å². The van der Waals surface area contributed by atoms with E-state index in [-0.39, 0.29) is 12.3 Å². The Kier molecular flexibility index (Phi) is 3.48. The molecule has 4 aliphatic rings. The molecule has 4 atom stereocenters. The van der Waals surface area contributed by atoms with E-state index in [4.69, 9.17) is 24.4 Å². The number of nitrogens with one attached hydrogen (secondary N) is 1. The van der Waals surface area contributed by atoms with Crippen LogP contribution in [0.3, 0.4) is 0 Å². The number of ether oxygens (including phenoxy) is 4. The average molecular weight is 396 g/mol. The monoisotopic (exact) mass is 396 g/mol. The maximum Gasteiger partial charge on any atom is 0.218 e. The van der Waals surface area contributed by atoms with Gasteiger partial charge in [0.1, 0.15) is 6.10 Å². The molecule has 1 N–H and O–H groups in total. The minimum Gasteiger partial charge on any atom is -0.447 e. The van der Waals surface area contributed by atoms with Gasteiger partial charge in [-0.1, -0.05) is 6.07 Å². The van der Waals surface area contributed by atoms with Crippen LogP contribution in [-0.2, 0) is 18.9 Å². The van der Waals surface area contributed by atoms with Gasteiger partial charge in [-0.25, -0.2) is 0 Å². The quantitative estimate of drug-likeness (QED) is 0.771. The molecule has 1 aromatic heterocycles. The lowest BCUT2D eigenvalue weighted by Crippen LogP contribution is -2.63. The third-order valence-corrected chi connectivity index (χ3v) is 7.45. The number of rotatable bonds is 1. The topological polar surface area (TPSA) is 132 Å². The highest BCUT2D eigenvalue weighted by Crippen LogP contribution is 2.71. The van der Waals surface area contributed by atoms with Gasteiger partial charge in [-0.3, -0.25) is 5.41 Å². The molecule has 9 heteroatoms. The van der Waals surface area contributed by atoms with Gasteiger partial charge >= 0.3 is 0 Å². The zero-order chi connectivity index (χ0) is 19.6. The third-order valence-electron chi connectivity index (χ3n) is 6.53. The average Bonchev–Trinajstić information content (AvgIpc) is 3.43. The van der Waals surface area contributed by atoms with E-state index in [0.717, 1.165) is 0 Å². The second-order valence-electron chi connectivity index (χ2n) is 7.57. The standard InChI is InChI=1S/C19H16N4O4S/c20-9-16(10-21)14(12-2-1-7-28-12)26-19-4-3-17(24-5-6-25-17)8-13(19)18(16,11-22)15(23)27-19/h1-2,7,13-14,23H,3-6,8H2. The molecule has 3 aliphatic heterocycles. The Morgan fingerprint density at radius 3 is 2.46 bits per heavy atom. The van der Waals surface area contributed by atoms with Gasteiger partial charge in [0, 0.05) is 24.1 Å². The van der Waals surface area contributed by atoms with Gasteiger partial charge < -0.3 is 18.9 Å². The van der Waals surface area contributed by atoms with Crippen molar-refractivity contribution >= 4 is 17.2 Å². The van der Waals surface area contributed by atoms with Gasteiger partial charge in [0.2, 0.25) is 17.1 Å². The number of hydrogen-bond donors (Lipinski definition) is 1. The molecule has 1 saturated carbocycles. The zero-order valence-electron chi connectivity index (χ0n) is 14.8. The Morgan fingerprint density at radius 1 is 1.11 bits per heavy atom. The number of nitrogens with zero attached hydrogens (tertiary/aromatic N) is 3. The van der Waals surface area contributed by atoms with Crippen molar-refractivity contribution in [3.63, 3.8) is 0 Å². The molecule has 5 rings (SSSR count). The third kappa shape index (κ3) is 1.79. The second kappa shape index (κ2) is 5.53. The predicted octanol–water partition coefficient (Wildman–Crippen LogP) is 2.61. The van der Waals surface area contributed by atoms with Gasteiger partial charge in [-0.15, -0.1) is 11.3 Å². The zero-order valence-corrected chi connectivity index (χ0v) is 15.6. The summed E-state index contributed by atoms with van der Waals surface area (Å²) in [6.45, 7) is 0.885. The van der Waals surface area contributed by atoms with Crippen LogP contribution >= 0.6 is 11.3 Å². The molecule has 8 nitrogen and oxygen atoms in total. The van der Waals surface area contributed by atoms with Crippen molar-refractivity contribution in [2.45, 2.75) is 36.9 Å². The summed E-state index contributed by atoms with van der Waals surface area (Å²) < 4.78 is 23.9. The van der Waals surface area contributed by atoms with Crippen molar-refractivity contribution in [1.82, 2.24) is 0 Å². The first-order chi connectivity index (χ1) is 13.5. The Labute approximate surface area is 165 Å². The van der Waals surface area contributed by atoms with E-state index in [1.54, 1.807) is 12.1 Å². The van der Waals surface area contributed by atoms with E-state index in [9.17, 15) is 15.8 Å². The SMILES string of the molecule is N#CC1(C#N)C(c2cccs2)OC23CCC4(CC2C1(C#N)C(=N)O3)OCCO4. The lowest BCUT2D eigenvalue weighted by molar-refractivity contribution is -0.330. The maximum atomic E-state index is 10.3. The van der Waals surface area contributed by atoms with Crippen LogP contribution in [0.15, 0.2) is 17.5 Å². The van der Waals surface area contributed by atoms with Crippen LogP contribution in [0.1, 0.15) is 30.2 Å². The van der Waals surface area contributed by atoms with Gasteiger partial charge in [0.05, 0.1) is 37.3 Å². The fraction of sp³-hybridized carbons (Fsp3) is 0.579. The fourth-order valence-corrected chi connectivity index (χ4v) is 6.06. The molecule has 2 bridgehead atoms. The molecular formula is C19H16N4O4S. The van der Waals surface area contributed by atoms with E-state index in [2.05, 4.69) is 18.2 Å². The summed E-state index contributed by atoms with van der Waals surface area (Å²) in [6.07, 6.45) is 0.0751. The van der Waals surface area contributed by atoms with Crippen LogP contribution in [0, 0.1) is 56.2 Å². The molecule has 0 radical (unpaired) electrons. The summed E-state index contributed by atoms with van der Waals surface area (Å²) in [5, 5.41) is 41.0. The fourth-order valence-electron chi connectivity index (χ4n) is 5.24. The lowest BCUT2D eigenvalue weighted by atomic mass is 9.51. The summed E-state index contributed by atoms with van der Waals surface area (Å²) in [5.74, 6) is -3.24. The molecule has 4 unspecified atom stereocenters. The van der Waals surface area contributed by atoms with Gasteiger partial charge in [-0.2, -0.15) is 15.8 Å². The Morgan fingerprint density at radius 2 is 1.86 bits per heavy atom. The number of hydrogen-bond acceptors (Lipinski definition) is 9. The smallest absolute Gasteiger partial charge is 0.218 e. The molecule has 0 amide bonds. The van der Waals surface area contributed by atoms with Crippen LogP contribution in [0.4, 0.5) is 0 Å². The first-order valence-corrected chi connectivity index (χ1v) is 9.90. The molecule has 28 heavy (non-hydrogen) atoms. The summed E-state index contributed by atoms with van der Waals surface area (Å²) in [4.78, 5) is 0.660. The summed E-state index contributed by atoms with van der Waals surface area (Å²) >= 11 is 1.35. The number of nitriles is 3. The van der Waals surface area contributed by atoms with Crippen LogP contribution in [0.5, 0.6) is 0 Å². The van der Waals surface area contributed by atoms with Gasteiger partial charge in [0.15, 0.2) is 11.2 Å². The van der Waals surface area contributed by atoms with E-state index < -0.39 is 34.4 Å². The number of thiophene rings is 1. The largest absolute Gasteiger partial charge is 0.447 e. The minimum atomic E-state index is -1.93. The molecule has 1 aliphatic carbocycles. The van der Waals surface area contributed by atoms with Crippen molar-refractivity contribution in [3.05, 3.63) is 22.4 Å². The highest BCUT2D eigenvalue weighted by atomic mass is 32.1. The van der Waals surface area contributed by atoms with E-state index in [0.29, 0.717) is 30.9 Å². The second-order valence-corrected chi connectivity index (χ2v) is 8.55. The molecule has 3 saturated heterocycles. The molecule has 142 valence electrons. The van der Waals surface area contributed by atoms with Crippen LogP contribution in [0.2, 0.25) is 0 Å². The van der Waals surface area contributed by atoms with E-state index in [1.807, 2.05) is 5.38 Å². The Balaban J connectivity index is 1.73. The summed E-state index contributed by atoms with van der Waals surface area (Å²) in [7, 11) is 0. The molecule has 0 aromatic carbocycles. The first-order valence-electron chi connectivity index (χ1n) is 9.02. The van der Waals surface area contributed by atoms with Crippen molar-refractivity contribution in [3.8, 4) is 18.2 Å². The maximum absolute atomic E-state index is 10.3. The van der Waals surface area contributed by atoms with Crippen LogP contribution < -0.4 is 0 Å². The molecule has 1 spiro atoms. The van der Waals surface area contributed by atoms with Crippen molar-refractivity contribution < 1.29 is 18.9 Å². The highest BCUT2D eigenvalue weighted by molar-refractivity contribution is 7.10. The highest BCUT2D eigenvalue weighted by Gasteiger charge is 2.82. The van der Waals surface area contributed by atoms with E-state index in [1.165, 1.54) is 11.3 Å². The summed E-state index contributed by atoms with van der Waals surface area (Å²) in [5.41, 5.74) is -3.70. The van der Waals surface area contributed by atoms with Gasteiger partial charge in [-0.05, 0) is 11.4 Å². The van der Waals surface area contributed by atoms with Crippen molar-refractivity contribution in [2.24, 2.45) is 16.7 Å². The predicted molar refractivity (Wildman–Crippen MR) is 93.4 cm³/mol. The normalized spacial score (nSPS) is 39.4. The molecular weight excluding hydrogens is 380 g/mol. The molecule has 1 aromatic rings. The van der Waals surface area contributed by atoms with Crippen molar-refractivity contribution in [2.75, 3.05) is 13.2 Å².